The number of ether oxygens (including phenoxy) is 2. The van der Waals surface area contributed by atoms with Crippen LogP contribution in [-0.4, -0.2) is 66.5 Å². The van der Waals surface area contributed by atoms with Gasteiger partial charge in [0.15, 0.2) is 0 Å². The lowest BCUT2D eigenvalue weighted by Crippen LogP contribution is -2.57. The van der Waals surface area contributed by atoms with E-state index >= 15 is 0 Å². The van der Waals surface area contributed by atoms with Crippen molar-refractivity contribution < 1.29 is 33.6 Å². The maximum absolute atomic E-state index is 12.0. The number of hydrogen-bond donors (Lipinski definition) is 0. The van der Waals surface area contributed by atoms with Crippen molar-refractivity contribution in [1.82, 2.24) is 9.80 Å². The van der Waals surface area contributed by atoms with Gasteiger partial charge in [0.25, 0.3) is 0 Å². The first-order valence-electron chi connectivity index (χ1n) is 6.80. The van der Waals surface area contributed by atoms with Gasteiger partial charge in [0.05, 0.1) is 13.7 Å². The number of nitrogens with zero attached hydrogens (tertiary/aromatic N) is 2. The third-order valence-corrected chi connectivity index (χ3v) is 2.78. The third-order valence-electron chi connectivity index (χ3n) is 2.78. The van der Waals surface area contributed by atoms with E-state index in [2.05, 4.69) is 4.74 Å². The van der Waals surface area contributed by atoms with Gasteiger partial charge in [-0.15, -0.1) is 0 Å². The van der Waals surface area contributed by atoms with Crippen LogP contribution in [0, 0.1) is 0 Å². The summed E-state index contributed by atoms with van der Waals surface area (Å²) in [5, 5.41) is 0. The van der Waals surface area contributed by atoms with E-state index in [4.69, 9.17) is 14.5 Å². The van der Waals surface area contributed by atoms with E-state index in [1.54, 1.807) is 20.8 Å². The summed E-state index contributed by atoms with van der Waals surface area (Å²) in [7, 11) is 1.15. The summed E-state index contributed by atoms with van der Waals surface area (Å²) in [5.74, 6) is -0.183. The van der Waals surface area contributed by atoms with Crippen LogP contribution in [0.4, 0.5) is 9.59 Å². The standard InChI is InChI=1S/C13H22N2O7/c1-9(16)14-6-7-15(10(8-14)20-12(18)19-5)11(17)21-22-13(2,3)4/h10H,6-8H2,1-5H3. The molecule has 1 fully saturated rings. The van der Waals surface area contributed by atoms with Crippen LogP contribution in [0.15, 0.2) is 0 Å². The number of carbonyl (C=O) groups excluding carboxylic acids is 3. The van der Waals surface area contributed by atoms with Crippen molar-refractivity contribution in [3.63, 3.8) is 0 Å². The monoisotopic (exact) mass is 318 g/mol. The molecule has 0 N–H and O–H groups in total. The summed E-state index contributed by atoms with van der Waals surface area (Å²) in [4.78, 5) is 47.1. The summed E-state index contributed by atoms with van der Waals surface area (Å²) >= 11 is 0. The second kappa shape index (κ2) is 7.30. The quantitative estimate of drug-likeness (QED) is 0.428. The molecule has 0 aromatic heterocycles. The highest BCUT2D eigenvalue weighted by Gasteiger charge is 2.36. The largest absolute Gasteiger partial charge is 0.509 e. The van der Waals surface area contributed by atoms with E-state index in [0.29, 0.717) is 6.54 Å². The molecule has 0 spiro atoms. The van der Waals surface area contributed by atoms with Crippen LogP contribution in [-0.2, 0) is 24.0 Å². The fraction of sp³-hybridized carbons (Fsp3) is 0.769. The molecule has 0 aromatic carbocycles. The van der Waals surface area contributed by atoms with Crippen molar-refractivity contribution in [2.24, 2.45) is 0 Å². The van der Waals surface area contributed by atoms with E-state index in [-0.39, 0.29) is 19.0 Å². The van der Waals surface area contributed by atoms with E-state index in [1.165, 1.54) is 16.7 Å². The van der Waals surface area contributed by atoms with Crippen LogP contribution >= 0.6 is 0 Å². The van der Waals surface area contributed by atoms with Gasteiger partial charge in [0.1, 0.15) is 5.60 Å². The molecule has 1 heterocycles. The zero-order chi connectivity index (χ0) is 16.9. The zero-order valence-electron chi connectivity index (χ0n) is 13.5. The molecule has 9 nitrogen and oxygen atoms in total. The maximum Gasteiger partial charge on any atom is 0.509 e. The molecule has 2 amide bonds. The Kier molecular flexibility index (Phi) is 5.98. The highest BCUT2D eigenvalue weighted by Crippen LogP contribution is 2.16. The molecule has 126 valence electrons. The molecule has 0 aromatic rings. The fourth-order valence-corrected chi connectivity index (χ4v) is 1.71. The van der Waals surface area contributed by atoms with Gasteiger partial charge in [-0.3, -0.25) is 14.6 Å². The average molecular weight is 318 g/mol. The predicted molar refractivity (Wildman–Crippen MR) is 73.6 cm³/mol. The van der Waals surface area contributed by atoms with E-state index in [9.17, 15) is 14.4 Å². The summed E-state index contributed by atoms with van der Waals surface area (Å²) in [6.07, 6.45) is -2.75. The fourth-order valence-electron chi connectivity index (χ4n) is 1.71. The minimum absolute atomic E-state index is 0.0368. The topological polar surface area (TPSA) is 94.6 Å². The molecule has 1 unspecified atom stereocenters. The molecular formula is C13H22N2O7. The van der Waals surface area contributed by atoms with Gasteiger partial charge in [-0.1, -0.05) is 0 Å². The lowest BCUT2D eigenvalue weighted by atomic mass is 10.2. The summed E-state index contributed by atoms with van der Waals surface area (Å²) in [6, 6.07) is 0. The van der Waals surface area contributed by atoms with E-state index < -0.39 is 24.1 Å². The van der Waals surface area contributed by atoms with Crippen LogP contribution in [0.3, 0.4) is 0 Å². The normalized spacial score (nSPS) is 18.7. The van der Waals surface area contributed by atoms with Crippen LogP contribution < -0.4 is 0 Å². The molecule has 22 heavy (non-hydrogen) atoms. The Morgan fingerprint density at radius 2 is 1.77 bits per heavy atom. The van der Waals surface area contributed by atoms with Crippen molar-refractivity contribution in [1.29, 1.82) is 0 Å². The van der Waals surface area contributed by atoms with Crippen molar-refractivity contribution in [3.05, 3.63) is 0 Å². The number of carbonyl (C=O) groups is 3. The smallest absolute Gasteiger partial charge is 0.438 e. The van der Waals surface area contributed by atoms with Crippen molar-refractivity contribution >= 4 is 18.2 Å². The van der Waals surface area contributed by atoms with Crippen LogP contribution in [0.1, 0.15) is 27.7 Å². The minimum Gasteiger partial charge on any atom is -0.438 e. The molecule has 0 bridgehead atoms. The number of methoxy groups -OCH3 is 1. The van der Waals surface area contributed by atoms with Crippen molar-refractivity contribution in [3.8, 4) is 0 Å². The number of hydrogen-bond acceptors (Lipinski definition) is 7. The number of piperazine rings is 1. The van der Waals surface area contributed by atoms with Crippen LogP contribution in [0.5, 0.6) is 0 Å². The summed E-state index contributed by atoms with van der Waals surface area (Å²) in [5.41, 5.74) is -0.671. The SMILES string of the molecule is COC(=O)OC1CN(C(C)=O)CCN1C(=O)OOC(C)(C)C. The Labute approximate surface area is 129 Å². The van der Waals surface area contributed by atoms with Crippen molar-refractivity contribution in [2.75, 3.05) is 26.7 Å². The molecule has 1 aliphatic rings. The first kappa shape index (κ1) is 18.0. The molecular weight excluding hydrogens is 296 g/mol. The summed E-state index contributed by atoms with van der Waals surface area (Å²) < 4.78 is 9.42. The van der Waals surface area contributed by atoms with E-state index in [0.717, 1.165) is 7.11 Å². The highest BCUT2D eigenvalue weighted by atomic mass is 17.2. The maximum atomic E-state index is 12.0. The molecule has 1 rings (SSSR count). The number of amides is 2. The van der Waals surface area contributed by atoms with Gasteiger partial charge < -0.3 is 14.4 Å². The highest BCUT2D eigenvalue weighted by molar-refractivity contribution is 5.74. The second-order valence-corrected chi connectivity index (χ2v) is 5.73. The average Bonchev–Trinajstić information content (AvgIpc) is 2.43. The molecule has 1 saturated heterocycles. The van der Waals surface area contributed by atoms with Gasteiger partial charge in [-0.25, -0.2) is 9.59 Å². The van der Waals surface area contributed by atoms with Gasteiger partial charge in [-0.2, -0.15) is 4.89 Å². The van der Waals surface area contributed by atoms with Gasteiger partial charge >= 0.3 is 12.2 Å². The Morgan fingerprint density at radius 3 is 2.27 bits per heavy atom. The van der Waals surface area contributed by atoms with Crippen LogP contribution in [0.25, 0.3) is 0 Å². The van der Waals surface area contributed by atoms with Crippen LogP contribution in [0.2, 0.25) is 0 Å². The molecule has 0 aliphatic carbocycles. The Balaban J connectivity index is 2.74. The van der Waals surface area contributed by atoms with E-state index in [1.807, 2.05) is 0 Å². The molecule has 1 aliphatic heterocycles. The third kappa shape index (κ3) is 5.40. The van der Waals surface area contributed by atoms with Gasteiger partial charge in [0, 0.05) is 20.0 Å². The lowest BCUT2D eigenvalue weighted by molar-refractivity contribution is -0.309. The number of rotatable bonds is 2. The first-order valence-corrected chi connectivity index (χ1v) is 6.80. The van der Waals surface area contributed by atoms with Gasteiger partial charge in [0.2, 0.25) is 12.1 Å². The molecule has 0 saturated carbocycles. The summed E-state index contributed by atoms with van der Waals surface area (Å²) in [6.45, 7) is 7.04. The molecule has 9 heteroatoms. The molecule has 1 atom stereocenters. The lowest BCUT2D eigenvalue weighted by Gasteiger charge is -2.38. The van der Waals surface area contributed by atoms with Crippen molar-refractivity contribution in [2.45, 2.75) is 39.5 Å². The predicted octanol–water partition coefficient (Wildman–Crippen LogP) is 1.13. The zero-order valence-corrected chi connectivity index (χ0v) is 13.5. The van der Waals surface area contributed by atoms with Gasteiger partial charge in [-0.05, 0) is 20.8 Å². The molecule has 0 radical (unpaired) electrons. The first-order chi connectivity index (χ1) is 10.1. The second-order valence-electron chi connectivity index (χ2n) is 5.73. The minimum atomic E-state index is -0.999. The Hall–Kier alpha value is -2.03. The Morgan fingerprint density at radius 1 is 1.14 bits per heavy atom. The Bertz CT molecular complexity index is 433.